The van der Waals surface area contributed by atoms with Crippen molar-refractivity contribution in [2.45, 2.75) is 80.3 Å². The summed E-state index contributed by atoms with van der Waals surface area (Å²) >= 11 is 1.34. The summed E-state index contributed by atoms with van der Waals surface area (Å²) in [7, 11) is 0. The lowest BCUT2D eigenvalue weighted by molar-refractivity contribution is -0.131. The number of ketones is 1. The van der Waals surface area contributed by atoms with Crippen LogP contribution in [0.1, 0.15) is 61.8 Å². The Balaban J connectivity index is 1.51. The molecule has 2 aromatic carbocycles. The van der Waals surface area contributed by atoms with E-state index in [1.165, 1.54) is 18.7 Å². The van der Waals surface area contributed by atoms with Gasteiger partial charge in [-0.2, -0.15) is 0 Å². The zero-order valence-corrected chi connectivity index (χ0v) is 23.6. The normalized spacial score (nSPS) is 27.9. The van der Waals surface area contributed by atoms with Crippen LogP contribution < -0.4 is 27.3 Å². The van der Waals surface area contributed by atoms with Crippen LogP contribution in [0.3, 0.4) is 0 Å². The van der Waals surface area contributed by atoms with Crippen molar-refractivity contribution >= 4 is 35.0 Å². The van der Waals surface area contributed by atoms with Gasteiger partial charge in [0.15, 0.2) is 5.78 Å². The van der Waals surface area contributed by atoms with Gasteiger partial charge in [0.2, 0.25) is 11.8 Å². The number of benzene rings is 2. The number of amides is 2. The van der Waals surface area contributed by atoms with E-state index in [1.807, 2.05) is 39.0 Å². The predicted octanol–water partition coefficient (Wildman–Crippen LogP) is 2.16. The second-order valence-corrected chi connectivity index (χ2v) is 12.3. The number of hydrogen-bond acceptors (Lipinski definition) is 8. The molecule has 1 aliphatic carbocycles. The molecule has 7 N–H and O–H groups in total. The summed E-state index contributed by atoms with van der Waals surface area (Å²) in [4.78, 5) is 42.1. The Morgan fingerprint density at radius 2 is 1.92 bits per heavy atom. The molecule has 39 heavy (non-hydrogen) atoms. The fraction of sp³-hybridized carbons (Fsp3) is 0.483. The van der Waals surface area contributed by atoms with Gasteiger partial charge in [0.1, 0.15) is 11.3 Å². The Kier molecular flexibility index (Phi) is 7.15. The molecule has 9 nitrogen and oxygen atoms in total. The number of likely N-dealkylation sites (tertiary alicyclic amines) is 1. The van der Waals surface area contributed by atoms with Gasteiger partial charge >= 0.3 is 0 Å². The number of carbonyl (C=O) groups excluding carboxylic acids is 3. The number of rotatable bonds is 5. The van der Waals surface area contributed by atoms with Crippen molar-refractivity contribution in [1.29, 1.82) is 0 Å². The molecular formula is C29H37N5O4S. The molecule has 0 saturated carbocycles. The standard InChI is InChI=1S/C29H37N5O4S/c1-14(2)38-18-7-8-19(15(3)12-18)29(32)20-9-10-21(30)25-22(20)23(24(31)27(29)36)26(39-25)28(37)33-17-6-5-11-34(13-17)16(4)35/h7-10,12,14,17,23-24,26H,5-6,11,13,30-32H2,1-4H3,(H,33,37). The van der Waals surface area contributed by atoms with Crippen LogP contribution in [0.15, 0.2) is 35.2 Å². The molecule has 0 aromatic heterocycles. The molecule has 208 valence electrons. The number of nitrogen functional groups attached to an aromatic ring is 1. The van der Waals surface area contributed by atoms with Crippen LogP contribution in [0.4, 0.5) is 5.69 Å². The molecule has 5 unspecified atom stereocenters. The maximum atomic E-state index is 14.1. The van der Waals surface area contributed by atoms with Crippen LogP contribution in [0.2, 0.25) is 0 Å². The van der Waals surface area contributed by atoms with E-state index in [-0.39, 0.29) is 29.7 Å². The molecule has 5 rings (SSSR count). The SMILES string of the molecule is CC(=O)N1CCCC(NC(=O)C2Sc3c(N)ccc4c3C2C(N)C(=O)C4(N)c2ccc(OC(C)C)cc2C)C1. The van der Waals surface area contributed by atoms with Crippen LogP contribution in [-0.2, 0) is 19.9 Å². The molecule has 0 radical (unpaired) electrons. The number of aryl methyl sites for hydroxylation is 1. The molecule has 0 spiro atoms. The smallest absolute Gasteiger partial charge is 0.234 e. The van der Waals surface area contributed by atoms with Crippen LogP contribution in [0.5, 0.6) is 5.75 Å². The molecule has 2 aromatic rings. The van der Waals surface area contributed by atoms with Gasteiger partial charge in [0.25, 0.3) is 0 Å². The zero-order chi connectivity index (χ0) is 28.2. The van der Waals surface area contributed by atoms with Crippen molar-refractivity contribution in [3.05, 3.63) is 52.6 Å². The topological polar surface area (TPSA) is 154 Å². The quantitative estimate of drug-likeness (QED) is 0.412. The number of anilines is 1. The highest BCUT2D eigenvalue weighted by Gasteiger charge is 2.57. The third-order valence-electron chi connectivity index (χ3n) is 8.10. The van der Waals surface area contributed by atoms with E-state index in [0.29, 0.717) is 35.7 Å². The van der Waals surface area contributed by atoms with Crippen molar-refractivity contribution in [3.63, 3.8) is 0 Å². The third-order valence-corrected chi connectivity index (χ3v) is 9.55. The summed E-state index contributed by atoms with van der Waals surface area (Å²) in [6.45, 7) is 8.50. The lowest BCUT2D eigenvalue weighted by Gasteiger charge is -2.42. The summed E-state index contributed by atoms with van der Waals surface area (Å²) in [6.07, 6.45) is 1.61. The van der Waals surface area contributed by atoms with Gasteiger partial charge in [0.05, 0.1) is 17.4 Å². The Hall–Kier alpha value is -3.08. The van der Waals surface area contributed by atoms with Crippen molar-refractivity contribution in [2.75, 3.05) is 18.8 Å². The molecule has 2 aliphatic heterocycles. The number of nitrogens with zero attached hydrogens (tertiary/aromatic N) is 1. The van der Waals surface area contributed by atoms with Crippen LogP contribution in [0.25, 0.3) is 0 Å². The van der Waals surface area contributed by atoms with Crippen molar-refractivity contribution in [2.24, 2.45) is 11.5 Å². The second-order valence-electron chi connectivity index (χ2n) is 11.2. The molecular weight excluding hydrogens is 514 g/mol. The van der Waals surface area contributed by atoms with Gasteiger partial charge in [-0.05, 0) is 74.1 Å². The number of nitrogens with one attached hydrogen (secondary N) is 1. The van der Waals surface area contributed by atoms with Gasteiger partial charge in [0, 0.05) is 42.6 Å². The fourth-order valence-electron chi connectivity index (χ4n) is 6.28. The molecule has 1 fully saturated rings. The largest absolute Gasteiger partial charge is 0.491 e. The Bertz CT molecular complexity index is 1350. The first-order valence-electron chi connectivity index (χ1n) is 13.5. The van der Waals surface area contributed by atoms with E-state index in [1.54, 1.807) is 17.0 Å². The van der Waals surface area contributed by atoms with Crippen molar-refractivity contribution < 1.29 is 19.1 Å². The third kappa shape index (κ3) is 4.58. The van der Waals surface area contributed by atoms with Gasteiger partial charge in [-0.1, -0.05) is 12.1 Å². The van der Waals surface area contributed by atoms with Gasteiger partial charge in [-0.15, -0.1) is 11.8 Å². The first-order valence-corrected chi connectivity index (χ1v) is 14.3. The van der Waals surface area contributed by atoms with Gasteiger partial charge in [-0.3, -0.25) is 14.4 Å². The molecule has 2 heterocycles. The highest BCUT2D eigenvalue weighted by Crippen LogP contribution is 2.56. The number of ether oxygens (including phenoxy) is 1. The molecule has 0 bridgehead atoms. The highest BCUT2D eigenvalue weighted by molar-refractivity contribution is 8.01. The number of hydrogen-bond donors (Lipinski definition) is 4. The minimum Gasteiger partial charge on any atom is -0.491 e. The summed E-state index contributed by atoms with van der Waals surface area (Å²) in [6, 6.07) is 7.92. The van der Waals surface area contributed by atoms with Gasteiger partial charge in [-0.25, -0.2) is 0 Å². The molecule has 1 saturated heterocycles. The van der Waals surface area contributed by atoms with Crippen LogP contribution in [0, 0.1) is 6.92 Å². The van der Waals surface area contributed by atoms with Crippen LogP contribution >= 0.6 is 11.8 Å². The average Bonchev–Trinajstić information content (AvgIpc) is 3.28. The van der Waals surface area contributed by atoms with Crippen LogP contribution in [-0.4, -0.2) is 59.0 Å². The maximum absolute atomic E-state index is 14.1. The summed E-state index contributed by atoms with van der Waals surface area (Å²) < 4.78 is 5.84. The molecule has 3 aliphatic rings. The fourth-order valence-corrected chi connectivity index (χ4v) is 7.74. The van der Waals surface area contributed by atoms with E-state index in [4.69, 9.17) is 21.9 Å². The number of thioether (sulfide) groups is 1. The summed E-state index contributed by atoms with van der Waals surface area (Å²) in [5.41, 5.74) is 22.0. The summed E-state index contributed by atoms with van der Waals surface area (Å²) in [5, 5.41) is 2.48. The Labute approximate surface area is 233 Å². The van der Waals surface area contributed by atoms with Crippen molar-refractivity contribution in [1.82, 2.24) is 10.2 Å². The second kappa shape index (κ2) is 10.1. The number of piperidine rings is 1. The lowest BCUT2D eigenvalue weighted by Crippen LogP contribution is -2.61. The monoisotopic (exact) mass is 551 g/mol. The lowest BCUT2D eigenvalue weighted by atomic mass is 9.64. The Morgan fingerprint density at radius 1 is 1.21 bits per heavy atom. The molecule has 10 heteroatoms. The van der Waals surface area contributed by atoms with E-state index < -0.39 is 22.7 Å². The van der Waals surface area contributed by atoms with E-state index >= 15 is 0 Å². The number of nitrogens with two attached hydrogens (primary N) is 3. The first kappa shape index (κ1) is 27.5. The average molecular weight is 552 g/mol. The minimum absolute atomic E-state index is 0.00666. The van der Waals surface area contributed by atoms with Gasteiger partial charge < -0.3 is 32.2 Å². The zero-order valence-electron chi connectivity index (χ0n) is 22.8. The molecule has 5 atom stereocenters. The number of Topliss-reactive ketones (excluding diaryl/α,β-unsaturated/α-hetero) is 1. The highest BCUT2D eigenvalue weighted by atomic mass is 32.2. The summed E-state index contributed by atoms with van der Waals surface area (Å²) in [5.74, 6) is -0.421. The molecule has 2 amide bonds. The minimum atomic E-state index is -1.49. The predicted molar refractivity (Wildman–Crippen MR) is 152 cm³/mol. The first-order chi connectivity index (χ1) is 18.4. The Morgan fingerprint density at radius 3 is 2.59 bits per heavy atom. The maximum Gasteiger partial charge on any atom is 0.234 e. The number of carbonyl (C=O) groups is 3. The van der Waals surface area contributed by atoms with E-state index in [2.05, 4.69) is 5.32 Å². The van der Waals surface area contributed by atoms with Crippen molar-refractivity contribution in [3.8, 4) is 5.75 Å². The van der Waals surface area contributed by atoms with E-state index in [0.717, 1.165) is 28.9 Å². The van der Waals surface area contributed by atoms with E-state index in [9.17, 15) is 14.4 Å².